The van der Waals surface area contributed by atoms with Gasteiger partial charge in [0.15, 0.2) is 23.3 Å². The van der Waals surface area contributed by atoms with Crippen LogP contribution in [0.1, 0.15) is 45.9 Å². The molecule has 8 heterocycles. The average molecular weight is 1730 g/mol. The molecule has 0 unspecified atom stereocenters. The molecule has 4 aliphatic rings. The number of nitrogens with zero attached hydrogens (tertiary/aromatic N) is 9. The van der Waals surface area contributed by atoms with Crippen LogP contribution in [0.2, 0.25) is 5.28 Å². The van der Waals surface area contributed by atoms with E-state index in [1.165, 1.54) is 146 Å². The number of benzene rings is 18. The van der Waals surface area contributed by atoms with Gasteiger partial charge in [0.1, 0.15) is 0 Å². The Kier molecular flexibility index (Phi) is 18.5. The summed E-state index contributed by atoms with van der Waals surface area (Å²) in [5.74, 6) is 2.93. The molecule has 6 aromatic heterocycles. The minimum absolute atomic E-state index is 0. The van der Waals surface area contributed by atoms with Gasteiger partial charge in [0.25, 0.3) is 0 Å². The summed E-state index contributed by atoms with van der Waals surface area (Å²) >= 11 is 10.2. The van der Waals surface area contributed by atoms with Crippen molar-refractivity contribution in [3.8, 4) is 85.1 Å². The fraction of sp³-hybridized carbons (Fsp3) is 0.0172. The second kappa shape index (κ2) is 31.0. The quantitative estimate of drug-likeness (QED) is 0.157. The SMILES string of the molecule is Clc1nc(-c2ccccc2)nc(-c2ccc3c(c2)C2(c4ccccc4Sc4ccccc42)c2ccccc2-3)n1.[H-].[Na+].c1ccc(-c2nc(-c3ccc4c(c3)C3(c5ccccc5Sc5ccccc53)c3ccccc3-4)nc(-n3c4ccccc4c4ccc5c6ccccc6n(-c6ccccc6)c5c43)n2)cc1.c1ccc(-n2c3ccccc3c3ccc4c5ccccc5[nH]c4c32)cc1. The molecule has 14 heteroatoms. The van der Waals surface area contributed by atoms with Crippen molar-refractivity contribution in [2.24, 2.45) is 0 Å². The van der Waals surface area contributed by atoms with E-state index in [2.05, 4.69) is 405 Å². The van der Waals surface area contributed by atoms with Gasteiger partial charge in [-0.25, -0.2) is 9.97 Å². The molecule has 18 aromatic carbocycles. The van der Waals surface area contributed by atoms with E-state index >= 15 is 0 Å². The second-order valence-electron chi connectivity index (χ2n) is 33.2. The van der Waals surface area contributed by atoms with Crippen molar-refractivity contribution < 1.29 is 31.0 Å². The number of hydrogen-bond donors (Lipinski definition) is 1. The molecule has 0 bridgehead atoms. The van der Waals surface area contributed by atoms with Gasteiger partial charge in [-0.05, 0) is 163 Å². The van der Waals surface area contributed by atoms with Crippen molar-refractivity contribution in [3.63, 3.8) is 0 Å². The maximum atomic E-state index is 6.45. The van der Waals surface area contributed by atoms with Crippen LogP contribution in [-0.4, -0.2) is 48.6 Å². The fourth-order valence-electron chi connectivity index (χ4n) is 21.3. The molecule has 2 spiro atoms. The summed E-state index contributed by atoms with van der Waals surface area (Å²) in [5.41, 5.74) is 29.4. The van der Waals surface area contributed by atoms with Crippen LogP contribution >= 0.6 is 35.1 Å². The molecular weight excluding hydrogens is 1660 g/mol. The van der Waals surface area contributed by atoms with Crippen LogP contribution in [0, 0.1) is 0 Å². The van der Waals surface area contributed by atoms with Crippen molar-refractivity contribution >= 4 is 122 Å². The Labute approximate surface area is 785 Å². The van der Waals surface area contributed by atoms with Gasteiger partial charge in [0.05, 0.1) is 49.4 Å². The second-order valence-corrected chi connectivity index (χ2v) is 35.7. The number of H-pyrrole nitrogens is 1. The van der Waals surface area contributed by atoms with Crippen LogP contribution in [0.5, 0.6) is 0 Å². The van der Waals surface area contributed by atoms with Crippen molar-refractivity contribution in [2.45, 2.75) is 30.4 Å². The van der Waals surface area contributed by atoms with Gasteiger partial charge in [0, 0.05) is 102 Å². The Hall–Kier alpha value is -14.8. The number of hydrogen-bond acceptors (Lipinski definition) is 8. The molecule has 130 heavy (non-hydrogen) atoms. The molecule has 2 aliphatic heterocycles. The molecule has 2 aliphatic carbocycles. The molecule has 10 nitrogen and oxygen atoms in total. The molecule has 24 aromatic rings. The van der Waals surface area contributed by atoms with Crippen LogP contribution in [0.25, 0.3) is 172 Å². The predicted molar refractivity (Wildman–Crippen MR) is 529 cm³/mol. The molecule has 28 rings (SSSR count). The van der Waals surface area contributed by atoms with E-state index in [1.54, 1.807) is 0 Å². The minimum atomic E-state index is -0.526. The number of nitrogens with one attached hydrogen (secondary N) is 1. The van der Waals surface area contributed by atoms with Gasteiger partial charge in [-0.1, -0.05) is 363 Å². The van der Waals surface area contributed by atoms with Gasteiger partial charge in [-0.15, -0.1) is 0 Å². The Morgan fingerprint density at radius 3 is 1.03 bits per heavy atom. The summed E-state index contributed by atoms with van der Waals surface area (Å²) in [5, 5.41) is 9.93. The van der Waals surface area contributed by atoms with Crippen LogP contribution in [0.4, 0.5) is 0 Å². The summed E-state index contributed by atoms with van der Waals surface area (Å²) in [6.45, 7) is 0. The number of rotatable bonds is 7. The molecule has 0 amide bonds. The van der Waals surface area contributed by atoms with Gasteiger partial charge in [-0.3, -0.25) is 4.57 Å². The molecule has 0 fully saturated rings. The fourth-order valence-corrected chi connectivity index (χ4v) is 23.8. The number of halogens is 1. The van der Waals surface area contributed by atoms with E-state index in [-0.39, 0.29) is 36.3 Å². The van der Waals surface area contributed by atoms with Gasteiger partial charge >= 0.3 is 29.6 Å². The summed E-state index contributed by atoms with van der Waals surface area (Å²) in [6.07, 6.45) is 0. The van der Waals surface area contributed by atoms with E-state index in [0.29, 0.717) is 29.2 Å². The molecule has 1 N–H and O–H groups in total. The molecule has 0 saturated heterocycles. The Morgan fingerprint density at radius 2 is 0.569 bits per heavy atom. The first-order chi connectivity index (χ1) is 63.9. The molecule has 0 saturated carbocycles. The summed E-state index contributed by atoms with van der Waals surface area (Å²) in [7, 11) is 0. The molecule has 606 valence electrons. The zero-order valence-electron chi connectivity index (χ0n) is 71.1. The normalized spacial score (nSPS) is 13.1. The first-order valence-electron chi connectivity index (χ1n) is 43.4. The number of aromatic nitrogens is 10. The van der Waals surface area contributed by atoms with Crippen LogP contribution in [-0.2, 0) is 10.8 Å². The topological polar surface area (TPSA) is 108 Å². The van der Waals surface area contributed by atoms with Crippen LogP contribution in [0.15, 0.2) is 444 Å². The Morgan fingerprint density at radius 1 is 0.246 bits per heavy atom. The zero-order chi connectivity index (χ0) is 85.0. The number of aromatic amines is 1. The van der Waals surface area contributed by atoms with E-state index in [9.17, 15) is 0 Å². The van der Waals surface area contributed by atoms with Crippen molar-refractivity contribution in [1.82, 2.24) is 48.6 Å². The van der Waals surface area contributed by atoms with Crippen molar-refractivity contribution in [1.29, 1.82) is 0 Å². The Balaban J connectivity index is 0.000000120. The first-order valence-corrected chi connectivity index (χ1v) is 45.4. The zero-order valence-corrected chi connectivity index (χ0v) is 74.5. The molecule has 0 atom stereocenters. The third-order valence-corrected chi connectivity index (χ3v) is 29.0. The maximum Gasteiger partial charge on any atom is 1.00 e. The van der Waals surface area contributed by atoms with Gasteiger partial charge in [-0.2, -0.15) is 19.9 Å². The van der Waals surface area contributed by atoms with E-state index < -0.39 is 10.8 Å². The summed E-state index contributed by atoms with van der Waals surface area (Å²) in [4.78, 5) is 38.9. The standard InChI is InChI=1S/C58H35N5S.C34H20ClN3S.C24H16N2.Na.H/c1-3-17-36(18-4-1)55-59-56(37-31-32-40-39-21-7-10-24-45(39)58(48(40)35-37)46-25-11-15-29-51(46)64-52-30-16-12-26-47(52)58)61-57(60-55)63-50-28-14-9-23-42(50)44-34-33-43-41-22-8-13-27-49(41)62(53(43)54(44)63)38-19-5-2-6-20-38;35-33-37-31(21-10-2-1-3-11-21)36-32(38-33)22-18-19-24-23-12-4-5-13-25(23)34(28(24)20-22)26-14-6-8-16-29(26)39-30-17-9-7-15-27(30)34;1-2-8-16(9-3-1)26-22-13-7-5-11-18(22)20-15-14-19-17-10-4-6-12-21(17)25-23(19)24(20)26;;/h1-35H;1-20H;1-15,25H;;/q;;;+1;-1. The van der Waals surface area contributed by atoms with Gasteiger partial charge < -0.3 is 15.5 Å². The minimum Gasteiger partial charge on any atom is -1.00 e. The Bertz CT molecular complexity index is 8670. The third-order valence-electron chi connectivity index (χ3n) is 26.5. The predicted octanol–water partition coefficient (Wildman–Crippen LogP) is 26.4. The smallest absolute Gasteiger partial charge is 1.00 e. The maximum absolute atomic E-state index is 6.45. The summed E-state index contributed by atoms with van der Waals surface area (Å²) in [6, 6.07) is 152. The summed E-state index contributed by atoms with van der Waals surface area (Å²) < 4.78 is 7.05. The van der Waals surface area contributed by atoms with Crippen LogP contribution in [0.3, 0.4) is 0 Å². The monoisotopic (exact) mass is 1730 g/mol. The van der Waals surface area contributed by atoms with E-state index in [0.717, 1.165) is 60.8 Å². The van der Waals surface area contributed by atoms with Crippen molar-refractivity contribution in [3.05, 3.63) is 474 Å². The van der Waals surface area contributed by atoms with E-state index in [1.807, 2.05) is 72.1 Å². The number of para-hydroxylation sites is 6. The first kappa shape index (κ1) is 77.5. The third kappa shape index (κ3) is 11.8. The largest absolute Gasteiger partial charge is 1.00 e. The van der Waals surface area contributed by atoms with Crippen LogP contribution < -0.4 is 29.6 Å². The number of fused-ring (bicyclic) bond motifs is 32. The average Bonchev–Trinajstić information content (AvgIpc) is 1.53. The molecule has 0 radical (unpaired) electrons. The molecular formula is C116H72ClN10NaS2. The van der Waals surface area contributed by atoms with Gasteiger partial charge in [0.2, 0.25) is 11.2 Å². The van der Waals surface area contributed by atoms with Crippen molar-refractivity contribution in [2.75, 3.05) is 0 Å². The van der Waals surface area contributed by atoms with E-state index in [4.69, 9.17) is 31.5 Å².